The monoisotopic (exact) mass is 266 g/mol. The third-order valence-electron chi connectivity index (χ3n) is 5.68. The van der Waals surface area contributed by atoms with Crippen LogP contribution in [0.5, 0.6) is 0 Å². The molecule has 0 radical (unpaired) electrons. The second-order valence-corrected chi connectivity index (χ2v) is 7.46. The van der Waals surface area contributed by atoms with Gasteiger partial charge in [0, 0.05) is 12.6 Å². The van der Waals surface area contributed by atoms with Crippen molar-refractivity contribution in [1.29, 1.82) is 0 Å². The lowest BCUT2D eigenvalue weighted by atomic mass is 9.78. The van der Waals surface area contributed by atoms with E-state index < -0.39 is 0 Å². The summed E-state index contributed by atoms with van der Waals surface area (Å²) in [5.41, 5.74) is 0. The van der Waals surface area contributed by atoms with Crippen LogP contribution in [0.25, 0.3) is 0 Å². The SMILES string of the molecule is CNC1CCC(C)CC1CN1CCC(C(C)C)CC1. The van der Waals surface area contributed by atoms with E-state index in [1.165, 1.54) is 51.7 Å². The summed E-state index contributed by atoms with van der Waals surface area (Å²) in [5.74, 6) is 3.66. The topological polar surface area (TPSA) is 15.3 Å². The Morgan fingerprint density at radius 3 is 2.37 bits per heavy atom. The smallest absolute Gasteiger partial charge is 0.0105 e. The zero-order valence-electron chi connectivity index (χ0n) is 13.5. The van der Waals surface area contributed by atoms with Crippen molar-refractivity contribution in [1.82, 2.24) is 10.2 Å². The fraction of sp³-hybridized carbons (Fsp3) is 1.00. The molecule has 2 heteroatoms. The first-order valence-electron chi connectivity index (χ1n) is 8.49. The maximum Gasteiger partial charge on any atom is 0.0105 e. The summed E-state index contributed by atoms with van der Waals surface area (Å²) in [6, 6.07) is 0.763. The lowest BCUT2D eigenvalue weighted by molar-refractivity contribution is 0.105. The number of likely N-dealkylation sites (tertiary alicyclic amines) is 1. The summed E-state index contributed by atoms with van der Waals surface area (Å²) in [4.78, 5) is 2.74. The van der Waals surface area contributed by atoms with Crippen LogP contribution in [0.1, 0.15) is 52.9 Å². The van der Waals surface area contributed by atoms with Gasteiger partial charge in [-0.2, -0.15) is 0 Å². The average molecular weight is 266 g/mol. The highest BCUT2D eigenvalue weighted by molar-refractivity contribution is 4.86. The first-order chi connectivity index (χ1) is 9.10. The van der Waals surface area contributed by atoms with Crippen LogP contribution in [-0.2, 0) is 0 Å². The zero-order chi connectivity index (χ0) is 13.8. The minimum absolute atomic E-state index is 0.763. The molecule has 0 aromatic rings. The summed E-state index contributed by atoms with van der Waals surface area (Å²) in [6.45, 7) is 11.2. The number of piperidine rings is 1. The highest BCUT2D eigenvalue weighted by atomic mass is 15.1. The molecule has 0 spiro atoms. The third-order valence-corrected chi connectivity index (χ3v) is 5.68. The highest BCUT2D eigenvalue weighted by Gasteiger charge is 2.30. The summed E-state index contributed by atoms with van der Waals surface area (Å²) in [6.07, 6.45) is 7.06. The lowest BCUT2D eigenvalue weighted by Gasteiger charge is -2.40. The van der Waals surface area contributed by atoms with Crippen molar-refractivity contribution in [3.8, 4) is 0 Å². The fourth-order valence-corrected chi connectivity index (χ4v) is 4.21. The molecule has 0 aromatic carbocycles. The van der Waals surface area contributed by atoms with Crippen molar-refractivity contribution in [2.75, 3.05) is 26.7 Å². The Morgan fingerprint density at radius 1 is 1.11 bits per heavy atom. The van der Waals surface area contributed by atoms with Crippen molar-refractivity contribution < 1.29 is 0 Å². The standard InChI is InChI=1S/C17H34N2/c1-13(2)15-7-9-19(10-8-15)12-16-11-14(3)5-6-17(16)18-4/h13-18H,5-12H2,1-4H3. The normalized spacial score (nSPS) is 34.9. The molecule has 1 aliphatic heterocycles. The molecule has 2 rings (SSSR count). The first-order valence-corrected chi connectivity index (χ1v) is 8.49. The summed E-state index contributed by atoms with van der Waals surface area (Å²) in [7, 11) is 2.15. The van der Waals surface area contributed by atoms with E-state index in [9.17, 15) is 0 Å². The van der Waals surface area contributed by atoms with E-state index in [4.69, 9.17) is 0 Å². The molecule has 1 aliphatic carbocycles. The number of hydrogen-bond acceptors (Lipinski definition) is 2. The Kier molecular flexibility index (Phi) is 5.70. The van der Waals surface area contributed by atoms with Gasteiger partial charge >= 0.3 is 0 Å². The van der Waals surface area contributed by atoms with E-state index in [1.54, 1.807) is 0 Å². The van der Waals surface area contributed by atoms with Crippen LogP contribution in [0.3, 0.4) is 0 Å². The zero-order valence-corrected chi connectivity index (χ0v) is 13.5. The second kappa shape index (κ2) is 7.08. The van der Waals surface area contributed by atoms with Gasteiger partial charge in [-0.05, 0) is 75.9 Å². The van der Waals surface area contributed by atoms with E-state index >= 15 is 0 Å². The maximum atomic E-state index is 3.56. The maximum absolute atomic E-state index is 3.56. The van der Waals surface area contributed by atoms with Gasteiger partial charge in [-0.1, -0.05) is 20.8 Å². The van der Waals surface area contributed by atoms with Crippen LogP contribution >= 0.6 is 0 Å². The first kappa shape index (κ1) is 15.3. The average Bonchev–Trinajstić information content (AvgIpc) is 2.39. The Morgan fingerprint density at radius 2 is 1.79 bits per heavy atom. The van der Waals surface area contributed by atoms with Crippen molar-refractivity contribution in [2.24, 2.45) is 23.7 Å². The van der Waals surface area contributed by atoms with Crippen molar-refractivity contribution in [2.45, 2.75) is 58.9 Å². The van der Waals surface area contributed by atoms with Gasteiger partial charge in [0.1, 0.15) is 0 Å². The molecule has 2 fully saturated rings. The van der Waals surface area contributed by atoms with Crippen LogP contribution in [0.4, 0.5) is 0 Å². The summed E-state index contributed by atoms with van der Waals surface area (Å²) in [5, 5.41) is 3.56. The van der Waals surface area contributed by atoms with E-state index in [0.29, 0.717) is 0 Å². The number of hydrogen-bond donors (Lipinski definition) is 1. The summed E-state index contributed by atoms with van der Waals surface area (Å²) < 4.78 is 0. The molecule has 1 heterocycles. The Labute approximate surface area is 120 Å². The molecule has 0 aromatic heterocycles. The predicted molar refractivity (Wildman–Crippen MR) is 83.4 cm³/mol. The molecule has 0 bridgehead atoms. The molecule has 1 saturated carbocycles. The molecule has 3 atom stereocenters. The number of nitrogens with zero attached hydrogens (tertiary/aromatic N) is 1. The van der Waals surface area contributed by atoms with Crippen molar-refractivity contribution in [3.05, 3.63) is 0 Å². The number of nitrogens with one attached hydrogen (secondary N) is 1. The van der Waals surface area contributed by atoms with Crippen LogP contribution in [0.2, 0.25) is 0 Å². The molecular formula is C17H34N2. The van der Waals surface area contributed by atoms with E-state index in [1.807, 2.05) is 0 Å². The molecule has 3 unspecified atom stereocenters. The molecule has 112 valence electrons. The summed E-state index contributed by atoms with van der Waals surface area (Å²) >= 11 is 0. The molecule has 1 saturated heterocycles. The van der Waals surface area contributed by atoms with Gasteiger partial charge in [0.2, 0.25) is 0 Å². The minimum Gasteiger partial charge on any atom is -0.317 e. The van der Waals surface area contributed by atoms with Crippen molar-refractivity contribution in [3.63, 3.8) is 0 Å². The second-order valence-electron chi connectivity index (χ2n) is 7.46. The molecule has 0 amide bonds. The van der Waals surface area contributed by atoms with Gasteiger partial charge in [0.05, 0.1) is 0 Å². The van der Waals surface area contributed by atoms with Gasteiger partial charge in [-0.15, -0.1) is 0 Å². The third kappa shape index (κ3) is 4.19. The Balaban J connectivity index is 1.80. The van der Waals surface area contributed by atoms with Gasteiger partial charge in [-0.25, -0.2) is 0 Å². The Hall–Kier alpha value is -0.0800. The lowest BCUT2D eigenvalue weighted by Crippen LogP contribution is -2.46. The van der Waals surface area contributed by atoms with Gasteiger partial charge in [0.15, 0.2) is 0 Å². The highest BCUT2D eigenvalue weighted by Crippen LogP contribution is 2.31. The van der Waals surface area contributed by atoms with Crippen LogP contribution in [0, 0.1) is 23.7 Å². The van der Waals surface area contributed by atoms with E-state index in [-0.39, 0.29) is 0 Å². The quantitative estimate of drug-likeness (QED) is 0.839. The molecular weight excluding hydrogens is 232 g/mol. The molecule has 2 aliphatic rings. The van der Waals surface area contributed by atoms with Gasteiger partial charge in [-0.3, -0.25) is 0 Å². The predicted octanol–water partition coefficient (Wildman–Crippen LogP) is 3.38. The van der Waals surface area contributed by atoms with E-state index in [2.05, 4.69) is 38.0 Å². The largest absolute Gasteiger partial charge is 0.317 e. The molecule has 1 N–H and O–H groups in total. The van der Waals surface area contributed by atoms with E-state index in [0.717, 1.165) is 29.7 Å². The van der Waals surface area contributed by atoms with Crippen LogP contribution in [0.15, 0.2) is 0 Å². The molecule has 2 nitrogen and oxygen atoms in total. The van der Waals surface area contributed by atoms with Gasteiger partial charge < -0.3 is 10.2 Å². The minimum atomic E-state index is 0.763. The van der Waals surface area contributed by atoms with Crippen LogP contribution < -0.4 is 5.32 Å². The molecule has 19 heavy (non-hydrogen) atoms. The van der Waals surface area contributed by atoms with Crippen LogP contribution in [-0.4, -0.2) is 37.6 Å². The van der Waals surface area contributed by atoms with Gasteiger partial charge in [0.25, 0.3) is 0 Å². The Bertz CT molecular complexity index is 256. The van der Waals surface area contributed by atoms with Crippen molar-refractivity contribution >= 4 is 0 Å². The fourth-order valence-electron chi connectivity index (χ4n) is 4.21. The number of rotatable bonds is 4.